The molecule has 2 unspecified atom stereocenters. The minimum absolute atomic E-state index is 0.0372. The number of likely N-dealkylation sites (N-methyl/N-ethyl adjacent to an activating group) is 2. The second-order valence-corrected chi connectivity index (χ2v) is 4.56. The summed E-state index contributed by atoms with van der Waals surface area (Å²) in [5, 5.41) is 3.19. The van der Waals surface area contributed by atoms with Gasteiger partial charge in [-0.1, -0.05) is 25.1 Å². The quantitative estimate of drug-likeness (QED) is 0.820. The zero-order chi connectivity index (χ0) is 12.8. The van der Waals surface area contributed by atoms with Gasteiger partial charge < -0.3 is 10.2 Å². The Morgan fingerprint density at radius 2 is 2.00 bits per heavy atom. The summed E-state index contributed by atoms with van der Waals surface area (Å²) < 4.78 is 13.7. The molecule has 0 saturated carbocycles. The first-order valence-electron chi connectivity index (χ1n) is 6.22. The van der Waals surface area contributed by atoms with Crippen molar-refractivity contribution in [2.75, 3.05) is 20.6 Å². The lowest BCUT2D eigenvalue weighted by Gasteiger charge is -2.28. The molecule has 0 aliphatic heterocycles. The Bertz CT molecular complexity index is 341. The van der Waals surface area contributed by atoms with Crippen molar-refractivity contribution in [1.82, 2.24) is 10.2 Å². The summed E-state index contributed by atoms with van der Waals surface area (Å²) in [6.07, 6.45) is 1.10. The molecule has 0 saturated heterocycles. The largest absolute Gasteiger partial charge is 0.312 e. The van der Waals surface area contributed by atoms with Gasteiger partial charge in [0.05, 0.1) is 0 Å². The normalized spacial score (nSPS) is 14.9. The minimum atomic E-state index is -0.135. The first kappa shape index (κ1) is 14.1. The lowest BCUT2D eigenvalue weighted by molar-refractivity contribution is 0.226. The molecule has 2 atom stereocenters. The van der Waals surface area contributed by atoms with Gasteiger partial charge in [-0.25, -0.2) is 4.39 Å². The molecule has 0 aliphatic rings. The second kappa shape index (κ2) is 6.72. The highest BCUT2D eigenvalue weighted by Gasteiger charge is 2.17. The molecule has 1 N–H and O–H groups in total. The van der Waals surface area contributed by atoms with Crippen LogP contribution < -0.4 is 5.32 Å². The van der Waals surface area contributed by atoms with Crippen molar-refractivity contribution in [3.8, 4) is 0 Å². The second-order valence-electron chi connectivity index (χ2n) is 4.56. The van der Waals surface area contributed by atoms with Crippen LogP contribution in [0.2, 0.25) is 0 Å². The maximum atomic E-state index is 13.7. The highest BCUT2D eigenvalue weighted by atomic mass is 19.1. The minimum Gasteiger partial charge on any atom is -0.312 e. The molecule has 2 nitrogen and oxygen atoms in total. The fourth-order valence-corrected chi connectivity index (χ4v) is 1.88. The summed E-state index contributed by atoms with van der Waals surface area (Å²) in [7, 11) is 3.96. The Morgan fingerprint density at radius 1 is 1.35 bits per heavy atom. The van der Waals surface area contributed by atoms with Crippen molar-refractivity contribution in [3.05, 3.63) is 35.6 Å². The molecule has 0 heterocycles. The molecule has 0 spiro atoms. The molecule has 1 aromatic carbocycles. The molecule has 17 heavy (non-hydrogen) atoms. The Balaban J connectivity index is 2.76. The van der Waals surface area contributed by atoms with E-state index in [9.17, 15) is 4.39 Å². The van der Waals surface area contributed by atoms with E-state index in [1.165, 1.54) is 6.07 Å². The fourth-order valence-electron chi connectivity index (χ4n) is 1.88. The molecule has 0 aromatic heterocycles. The van der Waals surface area contributed by atoms with E-state index >= 15 is 0 Å². The van der Waals surface area contributed by atoms with E-state index in [4.69, 9.17) is 0 Å². The molecule has 0 radical (unpaired) electrons. The van der Waals surface area contributed by atoms with Crippen molar-refractivity contribution in [3.63, 3.8) is 0 Å². The Labute approximate surface area is 104 Å². The topological polar surface area (TPSA) is 15.3 Å². The van der Waals surface area contributed by atoms with Gasteiger partial charge in [0.25, 0.3) is 0 Å². The van der Waals surface area contributed by atoms with Crippen LogP contribution in [-0.4, -0.2) is 31.6 Å². The summed E-state index contributed by atoms with van der Waals surface area (Å²) in [5.41, 5.74) is 0.741. The third kappa shape index (κ3) is 3.79. The predicted molar refractivity (Wildman–Crippen MR) is 70.6 cm³/mol. The summed E-state index contributed by atoms with van der Waals surface area (Å²) >= 11 is 0. The molecule has 0 fully saturated rings. The average molecular weight is 238 g/mol. The van der Waals surface area contributed by atoms with Crippen LogP contribution in [0.1, 0.15) is 31.9 Å². The predicted octanol–water partition coefficient (Wildman–Crippen LogP) is 2.82. The van der Waals surface area contributed by atoms with Gasteiger partial charge in [0, 0.05) is 24.2 Å². The van der Waals surface area contributed by atoms with E-state index in [2.05, 4.69) is 31.1 Å². The van der Waals surface area contributed by atoms with Gasteiger partial charge in [0.1, 0.15) is 5.82 Å². The van der Waals surface area contributed by atoms with Crippen LogP contribution in [0.5, 0.6) is 0 Å². The van der Waals surface area contributed by atoms with E-state index in [1.807, 2.05) is 19.2 Å². The first-order chi connectivity index (χ1) is 8.10. The summed E-state index contributed by atoms with van der Waals surface area (Å²) in [5.74, 6) is -0.135. The number of rotatable bonds is 6. The third-order valence-corrected chi connectivity index (χ3v) is 3.44. The maximum Gasteiger partial charge on any atom is 0.128 e. The van der Waals surface area contributed by atoms with Crippen molar-refractivity contribution in [2.45, 2.75) is 32.4 Å². The Kier molecular flexibility index (Phi) is 5.59. The molecule has 1 aromatic rings. The highest BCUT2D eigenvalue weighted by molar-refractivity contribution is 5.21. The van der Waals surface area contributed by atoms with E-state index in [0.717, 1.165) is 18.5 Å². The molecular weight excluding hydrogens is 215 g/mol. The van der Waals surface area contributed by atoms with Gasteiger partial charge in [0.15, 0.2) is 0 Å². The lowest BCUT2D eigenvalue weighted by atomic mass is 10.1. The lowest BCUT2D eigenvalue weighted by Crippen LogP contribution is -2.36. The smallest absolute Gasteiger partial charge is 0.128 e. The van der Waals surface area contributed by atoms with Crippen LogP contribution >= 0.6 is 0 Å². The molecule has 0 bridgehead atoms. The number of benzene rings is 1. The Hall–Kier alpha value is -0.930. The highest BCUT2D eigenvalue weighted by Crippen LogP contribution is 2.18. The monoisotopic (exact) mass is 238 g/mol. The Morgan fingerprint density at radius 3 is 2.53 bits per heavy atom. The maximum absolute atomic E-state index is 13.7. The molecule has 3 heteroatoms. The number of nitrogens with one attached hydrogen (secondary N) is 1. The van der Waals surface area contributed by atoms with Gasteiger partial charge in [-0.15, -0.1) is 0 Å². The fraction of sp³-hybridized carbons (Fsp3) is 0.571. The van der Waals surface area contributed by atoms with Gasteiger partial charge >= 0.3 is 0 Å². The average Bonchev–Trinajstić information content (AvgIpc) is 2.35. The third-order valence-electron chi connectivity index (χ3n) is 3.44. The van der Waals surface area contributed by atoms with Crippen LogP contribution in [0.15, 0.2) is 24.3 Å². The molecule has 0 aliphatic carbocycles. The van der Waals surface area contributed by atoms with Crippen molar-refractivity contribution >= 4 is 0 Å². The SMILES string of the molecule is CCC(C)N(C)CC(NC)c1ccccc1F. The first-order valence-corrected chi connectivity index (χ1v) is 6.22. The molecule has 1 rings (SSSR count). The number of hydrogen-bond acceptors (Lipinski definition) is 2. The number of nitrogens with zero attached hydrogens (tertiary/aromatic N) is 1. The number of hydrogen-bond donors (Lipinski definition) is 1. The van der Waals surface area contributed by atoms with Gasteiger partial charge in [-0.2, -0.15) is 0 Å². The number of halogens is 1. The molecular formula is C14H23FN2. The summed E-state index contributed by atoms with van der Waals surface area (Å²) in [6.45, 7) is 5.17. The van der Waals surface area contributed by atoms with E-state index in [0.29, 0.717) is 6.04 Å². The standard InChI is InChI=1S/C14H23FN2/c1-5-11(2)17(4)10-14(16-3)12-8-6-7-9-13(12)15/h6-9,11,14,16H,5,10H2,1-4H3. The zero-order valence-electron chi connectivity index (χ0n) is 11.2. The summed E-state index contributed by atoms with van der Waals surface area (Å²) in [4.78, 5) is 2.26. The van der Waals surface area contributed by atoms with E-state index in [-0.39, 0.29) is 11.9 Å². The van der Waals surface area contributed by atoms with Crippen molar-refractivity contribution in [2.24, 2.45) is 0 Å². The van der Waals surface area contributed by atoms with E-state index < -0.39 is 0 Å². The zero-order valence-corrected chi connectivity index (χ0v) is 11.2. The van der Waals surface area contributed by atoms with E-state index in [1.54, 1.807) is 6.07 Å². The van der Waals surface area contributed by atoms with Gasteiger partial charge in [-0.3, -0.25) is 0 Å². The van der Waals surface area contributed by atoms with Crippen LogP contribution in [0.4, 0.5) is 4.39 Å². The molecule has 96 valence electrons. The van der Waals surface area contributed by atoms with Crippen LogP contribution in [0.3, 0.4) is 0 Å². The van der Waals surface area contributed by atoms with Gasteiger partial charge in [-0.05, 0) is 33.5 Å². The molecule has 0 amide bonds. The van der Waals surface area contributed by atoms with Crippen molar-refractivity contribution < 1.29 is 4.39 Å². The van der Waals surface area contributed by atoms with Crippen LogP contribution in [0, 0.1) is 5.82 Å². The summed E-state index contributed by atoms with van der Waals surface area (Å²) in [6, 6.07) is 7.52. The van der Waals surface area contributed by atoms with Crippen LogP contribution in [0.25, 0.3) is 0 Å². The van der Waals surface area contributed by atoms with Crippen LogP contribution in [-0.2, 0) is 0 Å². The van der Waals surface area contributed by atoms with Crippen molar-refractivity contribution in [1.29, 1.82) is 0 Å². The van der Waals surface area contributed by atoms with Gasteiger partial charge in [0.2, 0.25) is 0 Å².